The van der Waals surface area contributed by atoms with Crippen LogP contribution in [0.5, 0.6) is 5.75 Å². The van der Waals surface area contributed by atoms with E-state index in [2.05, 4.69) is 0 Å². The van der Waals surface area contributed by atoms with Gasteiger partial charge in [-0.3, -0.25) is 24.6 Å². The van der Waals surface area contributed by atoms with Crippen LogP contribution in [0.4, 0.5) is 11.4 Å². The van der Waals surface area contributed by atoms with Crippen molar-refractivity contribution >= 4 is 23.2 Å². The lowest BCUT2D eigenvalue weighted by Gasteiger charge is -2.38. The summed E-state index contributed by atoms with van der Waals surface area (Å²) in [5.74, 6) is -0.598. The van der Waals surface area contributed by atoms with E-state index in [4.69, 9.17) is 4.74 Å². The first-order valence-electron chi connectivity index (χ1n) is 9.03. The molecule has 9 heteroatoms. The summed E-state index contributed by atoms with van der Waals surface area (Å²) in [5, 5.41) is 20.3. The Labute approximate surface area is 156 Å². The predicted octanol–water partition coefficient (Wildman–Crippen LogP) is 1.47. The molecule has 2 fully saturated rings. The second-order valence-corrected chi connectivity index (χ2v) is 6.80. The summed E-state index contributed by atoms with van der Waals surface area (Å²) in [4.78, 5) is 39.2. The molecule has 2 aliphatic rings. The number of benzene rings is 1. The number of likely N-dealkylation sites (tertiary alicyclic amines) is 1. The largest absolute Gasteiger partial charge is 0.494 e. The van der Waals surface area contributed by atoms with E-state index in [9.17, 15) is 24.8 Å². The minimum Gasteiger partial charge on any atom is -0.494 e. The number of amides is 2. The van der Waals surface area contributed by atoms with Crippen molar-refractivity contribution in [2.75, 3.05) is 25.2 Å². The van der Waals surface area contributed by atoms with Gasteiger partial charge in [0.25, 0.3) is 11.6 Å². The highest BCUT2D eigenvalue weighted by atomic mass is 16.6. The van der Waals surface area contributed by atoms with E-state index >= 15 is 0 Å². The molecule has 2 amide bonds. The van der Waals surface area contributed by atoms with Crippen LogP contribution in [0.1, 0.15) is 32.1 Å². The van der Waals surface area contributed by atoms with Crippen LogP contribution in [0, 0.1) is 10.1 Å². The molecule has 27 heavy (non-hydrogen) atoms. The molecule has 1 N–H and O–H groups in total. The third-order valence-electron chi connectivity index (χ3n) is 5.27. The number of aliphatic hydroxyl groups excluding tert-OH is 1. The lowest BCUT2D eigenvalue weighted by molar-refractivity contribution is -0.384. The molecule has 9 nitrogen and oxygen atoms in total. The van der Waals surface area contributed by atoms with E-state index in [0.29, 0.717) is 13.0 Å². The molecule has 2 atom stereocenters. The number of carbonyl (C=O) groups is 2. The number of methoxy groups -OCH3 is 1. The van der Waals surface area contributed by atoms with Crippen molar-refractivity contribution in [2.45, 2.75) is 44.2 Å². The van der Waals surface area contributed by atoms with Crippen molar-refractivity contribution in [1.29, 1.82) is 0 Å². The molecular formula is C18H23N3O6. The Kier molecular flexibility index (Phi) is 5.71. The SMILES string of the molecule is COc1cc([N+](=O)[O-])ccc1N1C(=O)C[C@H](N2CCCC[C@H]2CCO)C1=O. The van der Waals surface area contributed by atoms with Gasteiger partial charge in [0, 0.05) is 18.7 Å². The van der Waals surface area contributed by atoms with Crippen LogP contribution in [-0.2, 0) is 9.59 Å². The van der Waals surface area contributed by atoms with Crippen LogP contribution in [0.25, 0.3) is 0 Å². The number of aliphatic hydroxyl groups is 1. The number of piperidine rings is 1. The number of hydrogen-bond donors (Lipinski definition) is 1. The third kappa shape index (κ3) is 3.65. The van der Waals surface area contributed by atoms with Gasteiger partial charge in [0.2, 0.25) is 5.91 Å². The van der Waals surface area contributed by atoms with Crippen LogP contribution in [0.2, 0.25) is 0 Å². The standard InChI is InChI=1S/C18H23N3O6/c1-27-16-10-13(21(25)26)5-6-14(16)20-17(23)11-15(18(20)24)19-8-3-2-4-12(19)7-9-22/h5-6,10,12,15,22H,2-4,7-9,11H2,1H3/t12-,15-/m0/s1. The van der Waals surface area contributed by atoms with Crippen LogP contribution in [0.3, 0.4) is 0 Å². The molecule has 0 spiro atoms. The van der Waals surface area contributed by atoms with Gasteiger partial charge in [-0.1, -0.05) is 6.42 Å². The van der Waals surface area contributed by atoms with Crippen molar-refractivity contribution in [3.8, 4) is 5.75 Å². The summed E-state index contributed by atoms with van der Waals surface area (Å²) in [6.07, 6.45) is 3.50. The van der Waals surface area contributed by atoms with E-state index in [-0.39, 0.29) is 48.0 Å². The van der Waals surface area contributed by atoms with Crippen molar-refractivity contribution < 1.29 is 24.4 Å². The fourth-order valence-electron chi connectivity index (χ4n) is 3.98. The molecule has 0 unspecified atom stereocenters. The first kappa shape index (κ1) is 19.2. The molecule has 0 aromatic heterocycles. The summed E-state index contributed by atoms with van der Waals surface area (Å²) in [5.41, 5.74) is 0.0432. The average Bonchev–Trinajstić information content (AvgIpc) is 2.96. The molecule has 146 valence electrons. The van der Waals surface area contributed by atoms with E-state index in [1.165, 1.54) is 25.3 Å². The second-order valence-electron chi connectivity index (χ2n) is 6.80. The van der Waals surface area contributed by atoms with Crippen LogP contribution < -0.4 is 9.64 Å². The number of nitro benzene ring substituents is 1. The van der Waals surface area contributed by atoms with E-state index in [0.717, 1.165) is 24.2 Å². The maximum absolute atomic E-state index is 13.1. The minimum atomic E-state index is -0.575. The number of imide groups is 1. The Bertz CT molecular complexity index is 751. The topological polar surface area (TPSA) is 113 Å². The van der Waals surface area contributed by atoms with Crippen molar-refractivity contribution in [2.24, 2.45) is 0 Å². The quantitative estimate of drug-likeness (QED) is 0.454. The number of anilines is 1. The van der Waals surface area contributed by atoms with Gasteiger partial charge in [0.1, 0.15) is 5.75 Å². The zero-order chi connectivity index (χ0) is 19.6. The van der Waals surface area contributed by atoms with Crippen molar-refractivity contribution in [3.05, 3.63) is 28.3 Å². The van der Waals surface area contributed by atoms with Gasteiger partial charge in [0.05, 0.1) is 36.2 Å². The Morgan fingerprint density at radius 2 is 2.11 bits per heavy atom. The van der Waals surface area contributed by atoms with Crippen molar-refractivity contribution in [3.63, 3.8) is 0 Å². The molecule has 2 aliphatic heterocycles. The highest BCUT2D eigenvalue weighted by Crippen LogP contribution is 2.37. The maximum atomic E-state index is 13.1. The van der Waals surface area contributed by atoms with Gasteiger partial charge in [-0.2, -0.15) is 0 Å². The zero-order valence-electron chi connectivity index (χ0n) is 15.2. The van der Waals surface area contributed by atoms with E-state index in [1.54, 1.807) is 0 Å². The zero-order valence-corrected chi connectivity index (χ0v) is 15.2. The predicted molar refractivity (Wildman–Crippen MR) is 96.6 cm³/mol. The summed E-state index contributed by atoms with van der Waals surface area (Å²) < 4.78 is 5.19. The summed E-state index contributed by atoms with van der Waals surface area (Å²) in [6.45, 7) is 0.746. The van der Waals surface area contributed by atoms with Gasteiger partial charge in [-0.15, -0.1) is 0 Å². The molecule has 2 heterocycles. The molecule has 0 saturated carbocycles. The molecule has 2 saturated heterocycles. The molecule has 3 rings (SSSR count). The van der Waals surface area contributed by atoms with Crippen LogP contribution in [0.15, 0.2) is 18.2 Å². The number of ether oxygens (including phenoxy) is 1. The van der Waals surface area contributed by atoms with Gasteiger partial charge >= 0.3 is 0 Å². The fourth-order valence-corrected chi connectivity index (χ4v) is 3.98. The first-order chi connectivity index (χ1) is 13.0. The molecule has 1 aromatic rings. The molecule has 1 aromatic carbocycles. The maximum Gasteiger partial charge on any atom is 0.273 e. The highest BCUT2D eigenvalue weighted by molar-refractivity contribution is 6.23. The van der Waals surface area contributed by atoms with Crippen LogP contribution in [-0.4, -0.2) is 59.1 Å². The van der Waals surface area contributed by atoms with E-state index in [1.807, 2.05) is 4.90 Å². The lowest BCUT2D eigenvalue weighted by atomic mass is 9.97. The number of nitrogens with zero attached hydrogens (tertiary/aromatic N) is 3. The number of rotatable bonds is 6. The second kappa shape index (κ2) is 8.01. The van der Waals surface area contributed by atoms with Gasteiger partial charge in [-0.05, 0) is 31.9 Å². The van der Waals surface area contributed by atoms with Gasteiger partial charge in [-0.25, -0.2) is 4.90 Å². The molecule has 0 aliphatic carbocycles. The van der Waals surface area contributed by atoms with Crippen LogP contribution >= 0.6 is 0 Å². The summed E-state index contributed by atoms with van der Waals surface area (Å²) in [6, 6.07) is 3.33. The Balaban J connectivity index is 1.89. The van der Waals surface area contributed by atoms with Gasteiger partial charge < -0.3 is 9.84 Å². The smallest absolute Gasteiger partial charge is 0.273 e. The summed E-state index contributed by atoms with van der Waals surface area (Å²) in [7, 11) is 1.34. The van der Waals surface area contributed by atoms with Gasteiger partial charge in [0.15, 0.2) is 0 Å². The Hall–Kier alpha value is -2.52. The monoisotopic (exact) mass is 377 g/mol. The lowest BCUT2D eigenvalue weighted by Crippen LogP contribution is -2.50. The molecule has 0 radical (unpaired) electrons. The Morgan fingerprint density at radius 3 is 2.78 bits per heavy atom. The normalized spacial score (nSPS) is 23.7. The number of hydrogen-bond acceptors (Lipinski definition) is 7. The van der Waals surface area contributed by atoms with E-state index < -0.39 is 11.0 Å². The van der Waals surface area contributed by atoms with Crippen molar-refractivity contribution in [1.82, 2.24) is 4.90 Å². The number of nitro groups is 1. The Morgan fingerprint density at radius 1 is 1.33 bits per heavy atom. The molecule has 0 bridgehead atoms. The number of non-ortho nitro benzene ring substituents is 1. The average molecular weight is 377 g/mol. The summed E-state index contributed by atoms with van der Waals surface area (Å²) >= 11 is 0. The minimum absolute atomic E-state index is 0.0376. The third-order valence-corrected chi connectivity index (χ3v) is 5.27. The molecular weight excluding hydrogens is 354 g/mol. The fraction of sp³-hybridized carbons (Fsp3) is 0.556. The number of carbonyl (C=O) groups excluding carboxylic acids is 2. The highest BCUT2D eigenvalue weighted by Gasteiger charge is 2.45. The first-order valence-corrected chi connectivity index (χ1v) is 9.03.